The van der Waals surface area contributed by atoms with Gasteiger partial charge >= 0.3 is 11.8 Å². The Morgan fingerprint density at radius 1 is 1.23 bits per heavy atom. The number of halogens is 1. The van der Waals surface area contributed by atoms with Gasteiger partial charge in [0.15, 0.2) is 5.82 Å². The molecule has 9 heteroatoms. The lowest BCUT2D eigenvalue weighted by atomic mass is 10.1. The van der Waals surface area contributed by atoms with Crippen molar-refractivity contribution in [1.82, 2.24) is 19.2 Å². The molecule has 26 heavy (non-hydrogen) atoms. The maximum absolute atomic E-state index is 13.1. The van der Waals surface area contributed by atoms with Gasteiger partial charge in [-0.15, -0.1) is 0 Å². The second-order valence-corrected chi connectivity index (χ2v) is 7.05. The van der Waals surface area contributed by atoms with Gasteiger partial charge in [-0.3, -0.25) is 18.9 Å². The first-order chi connectivity index (χ1) is 12.2. The molecule has 2 aromatic heterocycles. The number of likely N-dealkylation sites (N-methyl/N-ethyl adjacent to an activating group) is 1. The standard InChI is InChI=1S/C17H19ClN4O4/c1-9-7-21(10(2)6-20(9)3)16(24)12-8-22-11(4-13(12)18)5-19-15(22)14(23)17(25)26/h4-5,8-10H,6-7H2,1-3H3,(H,25,26)/t9-,10?/m0/s1. The van der Waals surface area contributed by atoms with Crippen LogP contribution in [-0.2, 0) is 4.79 Å². The summed E-state index contributed by atoms with van der Waals surface area (Å²) in [5.41, 5.74) is 0.649. The predicted molar refractivity (Wildman–Crippen MR) is 94.8 cm³/mol. The molecule has 0 spiro atoms. The zero-order chi connectivity index (χ0) is 19.2. The molecule has 0 aliphatic carbocycles. The maximum Gasteiger partial charge on any atom is 0.380 e. The number of imidazole rings is 1. The van der Waals surface area contributed by atoms with Crippen LogP contribution in [-0.4, -0.2) is 74.2 Å². The number of aliphatic carboxylic acids is 1. The fourth-order valence-electron chi connectivity index (χ4n) is 3.17. The number of rotatable bonds is 3. The molecule has 1 fully saturated rings. The number of Topliss-reactive ketones (excluding diaryl/α,β-unsaturated/α-hetero) is 1. The second kappa shape index (κ2) is 6.69. The first-order valence-corrected chi connectivity index (χ1v) is 8.54. The van der Waals surface area contributed by atoms with E-state index in [4.69, 9.17) is 16.7 Å². The Bertz CT molecular complexity index is 910. The van der Waals surface area contributed by atoms with Crippen molar-refractivity contribution in [1.29, 1.82) is 0 Å². The molecule has 1 aliphatic rings. The van der Waals surface area contributed by atoms with Crippen LogP contribution in [0.15, 0.2) is 18.5 Å². The fourth-order valence-corrected chi connectivity index (χ4v) is 3.41. The molecule has 3 rings (SSSR count). The number of nitrogens with zero attached hydrogens (tertiary/aromatic N) is 4. The average molecular weight is 379 g/mol. The lowest BCUT2D eigenvalue weighted by Gasteiger charge is -2.42. The van der Waals surface area contributed by atoms with E-state index in [0.29, 0.717) is 12.1 Å². The normalized spacial score (nSPS) is 21.2. The molecule has 3 heterocycles. The van der Waals surface area contributed by atoms with Crippen LogP contribution in [0.1, 0.15) is 34.8 Å². The largest absolute Gasteiger partial charge is 0.475 e. The van der Waals surface area contributed by atoms with Crippen molar-refractivity contribution in [3.8, 4) is 0 Å². The zero-order valence-electron chi connectivity index (χ0n) is 14.6. The highest BCUT2D eigenvalue weighted by atomic mass is 35.5. The first kappa shape index (κ1) is 18.3. The van der Waals surface area contributed by atoms with Gasteiger partial charge in [0.05, 0.1) is 22.3 Å². The van der Waals surface area contributed by atoms with Crippen LogP contribution in [0, 0.1) is 0 Å². The summed E-state index contributed by atoms with van der Waals surface area (Å²) in [6, 6.07) is 1.71. The van der Waals surface area contributed by atoms with Gasteiger partial charge in [-0.2, -0.15) is 0 Å². The van der Waals surface area contributed by atoms with Gasteiger partial charge in [-0.05, 0) is 27.0 Å². The third-order valence-electron chi connectivity index (χ3n) is 4.80. The second-order valence-electron chi connectivity index (χ2n) is 6.64. The summed E-state index contributed by atoms with van der Waals surface area (Å²) in [7, 11) is 2.01. The minimum atomic E-state index is -1.61. The van der Waals surface area contributed by atoms with E-state index in [1.807, 2.05) is 20.9 Å². The summed E-state index contributed by atoms with van der Waals surface area (Å²) in [6.07, 6.45) is 2.73. The zero-order valence-corrected chi connectivity index (χ0v) is 15.4. The molecule has 1 amide bonds. The molecule has 2 aromatic rings. The molecule has 1 saturated heterocycles. The Morgan fingerprint density at radius 2 is 1.92 bits per heavy atom. The van der Waals surface area contributed by atoms with E-state index in [9.17, 15) is 14.4 Å². The van der Waals surface area contributed by atoms with Crippen molar-refractivity contribution in [2.24, 2.45) is 0 Å². The number of pyridine rings is 1. The Labute approximate surface area is 155 Å². The monoisotopic (exact) mass is 378 g/mol. The van der Waals surface area contributed by atoms with E-state index in [2.05, 4.69) is 9.88 Å². The Kier molecular flexibility index (Phi) is 4.72. The molecule has 138 valence electrons. The summed E-state index contributed by atoms with van der Waals surface area (Å²) in [4.78, 5) is 43.6. The van der Waals surface area contributed by atoms with Crippen molar-refractivity contribution in [3.05, 3.63) is 34.9 Å². The number of hydrogen-bond donors (Lipinski definition) is 1. The van der Waals surface area contributed by atoms with Crippen LogP contribution in [0.4, 0.5) is 0 Å². The van der Waals surface area contributed by atoms with E-state index in [0.717, 1.165) is 6.54 Å². The van der Waals surface area contributed by atoms with Gasteiger partial charge < -0.3 is 10.0 Å². The van der Waals surface area contributed by atoms with E-state index in [-0.39, 0.29) is 34.4 Å². The number of carboxylic acid groups (broad SMARTS) is 1. The van der Waals surface area contributed by atoms with Crippen molar-refractivity contribution in [2.75, 3.05) is 20.1 Å². The molecule has 2 atom stereocenters. The molecular weight excluding hydrogens is 360 g/mol. The molecule has 8 nitrogen and oxygen atoms in total. The summed E-state index contributed by atoms with van der Waals surface area (Å²) in [5, 5.41) is 9.16. The van der Waals surface area contributed by atoms with Crippen molar-refractivity contribution >= 4 is 34.8 Å². The molecule has 0 aromatic carbocycles. The fraction of sp³-hybridized carbons (Fsp3) is 0.412. The Hall–Kier alpha value is -2.45. The highest BCUT2D eigenvalue weighted by Gasteiger charge is 2.32. The third-order valence-corrected chi connectivity index (χ3v) is 5.11. The Morgan fingerprint density at radius 3 is 2.58 bits per heavy atom. The first-order valence-electron chi connectivity index (χ1n) is 8.16. The van der Waals surface area contributed by atoms with E-state index in [1.165, 1.54) is 22.9 Å². The molecular formula is C17H19ClN4O4. The molecule has 0 saturated carbocycles. The lowest BCUT2D eigenvalue weighted by Crippen LogP contribution is -2.56. The SMILES string of the molecule is CC1CN(C)[C@@H](C)CN1C(=O)c1cn2c(C(=O)C(=O)O)ncc2cc1Cl. The van der Waals surface area contributed by atoms with Crippen LogP contribution in [0.25, 0.3) is 5.52 Å². The smallest absolute Gasteiger partial charge is 0.380 e. The van der Waals surface area contributed by atoms with Crippen LogP contribution in [0.5, 0.6) is 0 Å². The topological polar surface area (TPSA) is 95.2 Å². The molecule has 0 radical (unpaired) electrons. The number of aromatic nitrogens is 2. The van der Waals surface area contributed by atoms with Gasteiger partial charge in [-0.25, -0.2) is 9.78 Å². The lowest BCUT2D eigenvalue weighted by molar-refractivity contribution is -0.131. The number of ketones is 1. The Balaban J connectivity index is 2.03. The highest BCUT2D eigenvalue weighted by molar-refractivity contribution is 6.39. The van der Waals surface area contributed by atoms with E-state index < -0.39 is 11.8 Å². The molecule has 1 N–H and O–H groups in total. The summed E-state index contributed by atoms with van der Waals surface area (Å²) in [5.74, 6) is -3.28. The van der Waals surface area contributed by atoms with Gasteiger partial charge in [0.25, 0.3) is 5.91 Å². The number of hydrogen-bond acceptors (Lipinski definition) is 5. The molecule has 0 bridgehead atoms. The highest BCUT2D eigenvalue weighted by Crippen LogP contribution is 2.24. The van der Waals surface area contributed by atoms with Crippen LogP contribution < -0.4 is 0 Å². The predicted octanol–water partition coefficient (Wildman–Crippen LogP) is 1.42. The minimum Gasteiger partial charge on any atom is -0.475 e. The van der Waals surface area contributed by atoms with E-state index in [1.54, 1.807) is 4.90 Å². The number of carboxylic acids is 1. The number of carbonyl (C=O) groups is 3. The number of amides is 1. The van der Waals surface area contributed by atoms with Crippen LogP contribution in [0.3, 0.4) is 0 Å². The number of carbonyl (C=O) groups excluding carboxylic acids is 2. The van der Waals surface area contributed by atoms with E-state index >= 15 is 0 Å². The van der Waals surface area contributed by atoms with Crippen molar-refractivity contribution < 1.29 is 19.5 Å². The van der Waals surface area contributed by atoms with Gasteiger partial charge in [0.2, 0.25) is 0 Å². The summed E-state index contributed by atoms with van der Waals surface area (Å²) >= 11 is 6.28. The van der Waals surface area contributed by atoms with Crippen molar-refractivity contribution in [3.63, 3.8) is 0 Å². The minimum absolute atomic E-state index is 0.00151. The number of piperazine rings is 1. The van der Waals surface area contributed by atoms with Gasteiger partial charge in [0, 0.05) is 31.4 Å². The van der Waals surface area contributed by atoms with Crippen molar-refractivity contribution in [2.45, 2.75) is 25.9 Å². The quantitative estimate of drug-likeness (QED) is 0.641. The number of fused-ring (bicyclic) bond motifs is 1. The average Bonchev–Trinajstić information content (AvgIpc) is 2.98. The van der Waals surface area contributed by atoms with Gasteiger partial charge in [0.1, 0.15) is 0 Å². The third kappa shape index (κ3) is 3.06. The van der Waals surface area contributed by atoms with Crippen LogP contribution >= 0.6 is 11.6 Å². The summed E-state index contributed by atoms with van der Waals surface area (Å²) < 4.78 is 1.29. The summed E-state index contributed by atoms with van der Waals surface area (Å²) in [6.45, 7) is 5.29. The van der Waals surface area contributed by atoms with Gasteiger partial charge in [-0.1, -0.05) is 11.6 Å². The molecule has 1 aliphatic heterocycles. The molecule has 1 unspecified atom stereocenters. The van der Waals surface area contributed by atoms with Crippen LogP contribution in [0.2, 0.25) is 5.02 Å². The maximum atomic E-state index is 13.1.